The number of carbonyl (C=O) groups excluding carboxylic acids is 2. The predicted octanol–water partition coefficient (Wildman–Crippen LogP) is 6.15. The van der Waals surface area contributed by atoms with E-state index in [2.05, 4.69) is 5.32 Å². The van der Waals surface area contributed by atoms with E-state index < -0.39 is 40.2 Å². The third-order valence-electron chi connectivity index (χ3n) is 7.10. The summed E-state index contributed by atoms with van der Waals surface area (Å²) in [4.78, 5) is 29.2. The van der Waals surface area contributed by atoms with E-state index in [-0.39, 0.29) is 34.1 Å². The number of benzene rings is 4. The first-order valence-electron chi connectivity index (χ1n) is 14.3. The Morgan fingerprint density at radius 2 is 1.59 bits per heavy atom. The van der Waals surface area contributed by atoms with Crippen LogP contribution in [0.25, 0.3) is 0 Å². The van der Waals surface area contributed by atoms with Crippen molar-refractivity contribution in [1.29, 1.82) is 0 Å². The Hall–Kier alpha value is -4.21. The fourth-order valence-electron chi connectivity index (χ4n) is 4.73. The molecule has 44 heavy (non-hydrogen) atoms. The lowest BCUT2D eigenvalue weighted by Gasteiger charge is -2.34. The summed E-state index contributed by atoms with van der Waals surface area (Å²) in [5.41, 5.74) is 2.02. The van der Waals surface area contributed by atoms with E-state index in [4.69, 9.17) is 11.6 Å². The molecule has 0 aliphatic rings. The minimum absolute atomic E-state index is 0.0157. The maximum absolute atomic E-state index is 15.0. The molecular formula is C34H35ClFN3O4S. The van der Waals surface area contributed by atoms with Crippen LogP contribution in [0.15, 0.2) is 108 Å². The van der Waals surface area contributed by atoms with Crippen LogP contribution in [0, 0.1) is 12.7 Å². The molecule has 0 heterocycles. The van der Waals surface area contributed by atoms with E-state index in [1.165, 1.54) is 41.3 Å². The highest BCUT2D eigenvalue weighted by Crippen LogP contribution is 2.27. The molecule has 230 valence electrons. The number of aryl methyl sites for hydroxylation is 1. The third kappa shape index (κ3) is 8.24. The zero-order chi connectivity index (χ0) is 31.7. The first-order chi connectivity index (χ1) is 21.1. The Balaban J connectivity index is 1.80. The molecule has 1 N–H and O–H groups in total. The number of rotatable bonds is 13. The van der Waals surface area contributed by atoms with E-state index >= 15 is 0 Å². The molecule has 0 fully saturated rings. The van der Waals surface area contributed by atoms with Crippen LogP contribution in [0.5, 0.6) is 0 Å². The van der Waals surface area contributed by atoms with Gasteiger partial charge in [0.05, 0.1) is 10.6 Å². The molecule has 4 rings (SSSR count). The lowest BCUT2D eigenvalue weighted by atomic mass is 10.0. The predicted molar refractivity (Wildman–Crippen MR) is 171 cm³/mol. The number of hydrogen-bond acceptors (Lipinski definition) is 4. The Kier molecular flexibility index (Phi) is 11.1. The minimum Gasteiger partial charge on any atom is -0.354 e. The maximum atomic E-state index is 15.0. The monoisotopic (exact) mass is 635 g/mol. The lowest BCUT2D eigenvalue weighted by Crippen LogP contribution is -2.53. The minimum atomic E-state index is -4.26. The average Bonchev–Trinajstić information content (AvgIpc) is 3.01. The second-order valence-corrected chi connectivity index (χ2v) is 12.7. The highest BCUT2D eigenvalue weighted by atomic mass is 35.5. The third-order valence-corrected chi connectivity index (χ3v) is 9.13. The Morgan fingerprint density at radius 1 is 0.909 bits per heavy atom. The van der Waals surface area contributed by atoms with Crippen LogP contribution in [0.1, 0.15) is 30.0 Å². The van der Waals surface area contributed by atoms with Gasteiger partial charge in [0.15, 0.2) is 0 Å². The largest absolute Gasteiger partial charge is 0.354 e. The highest BCUT2D eigenvalue weighted by molar-refractivity contribution is 7.92. The SMILES string of the molecule is CCCNC(=O)[C@@H](Cc1ccccc1)N(Cc1ccccc1F)C(=O)CN(c1cccc(Cl)c1)S(=O)(=O)c1ccc(C)cc1. The van der Waals surface area contributed by atoms with Crippen LogP contribution in [-0.2, 0) is 32.6 Å². The van der Waals surface area contributed by atoms with Gasteiger partial charge in [-0.2, -0.15) is 0 Å². The van der Waals surface area contributed by atoms with Crippen molar-refractivity contribution in [3.05, 3.63) is 131 Å². The molecular weight excluding hydrogens is 601 g/mol. The molecule has 0 unspecified atom stereocenters. The van der Waals surface area contributed by atoms with E-state index in [0.717, 1.165) is 15.4 Å². The summed E-state index contributed by atoms with van der Waals surface area (Å²) in [7, 11) is -4.26. The van der Waals surface area contributed by atoms with Gasteiger partial charge in [0.2, 0.25) is 11.8 Å². The molecule has 0 aromatic heterocycles. The van der Waals surface area contributed by atoms with Crippen molar-refractivity contribution in [3.63, 3.8) is 0 Å². The molecule has 0 spiro atoms. The number of sulfonamides is 1. The zero-order valence-electron chi connectivity index (χ0n) is 24.6. The van der Waals surface area contributed by atoms with Crippen molar-refractivity contribution >= 4 is 39.1 Å². The van der Waals surface area contributed by atoms with Crippen LogP contribution in [-0.4, -0.2) is 44.3 Å². The molecule has 7 nitrogen and oxygen atoms in total. The van der Waals surface area contributed by atoms with Crippen LogP contribution in [0.3, 0.4) is 0 Å². The van der Waals surface area contributed by atoms with Gasteiger partial charge in [-0.3, -0.25) is 13.9 Å². The van der Waals surface area contributed by atoms with Gasteiger partial charge in [-0.25, -0.2) is 12.8 Å². The van der Waals surface area contributed by atoms with Gasteiger partial charge in [-0.15, -0.1) is 0 Å². The molecule has 0 radical (unpaired) electrons. The van der Waals surface area contributed by atoms with E-state index in [1.54, 1.807) is 36.4 Å². The Labute approximate surface area is 263 Å². The first kappa shape index (κ1) is 32.7. The number of nitrogens with one attached hydrogen (secondary N) is 1. The van der Waals surface area contributed by atoms with Crippen molar-refractivity contribution in [1.82, 2.24) is 10.2 Å². The smallest absolute Gasteiger partial charge is 0.264 e. The van der Waals surface area contributed by atoms with Crippen LogP contribution >= 0.6 is 11.6 Å². The number of anilines is 1. The van der Waals surface area contributed by atoms with Gasteiger partial charge in [-0.05, 0) is 55.3 Å². The summed E-state index contributed by atoms with van der Waals surface area (Å²) in [6.45, 7) is 3.22. The van der Waals surface area contributed by atoms with Crippen LogP contribution < -0.4 is 9.62 Å². The molecule has 0 aliphatic carbocycles. The van der Waals surface area contributed by atoms with Crippen molar-refractivity contribution in [2.75, 3.05) is 17.4 Å². The van der Waals surface area contributed by atoms with Gasteiger partial charge < -0.3 is 10.2 Å². The van der Waals surface area contributed by atoms with Crippen LogP contribution in [0.2, 0.25) is 5.02 Å². The number of nitrogens with zero attached hydrogens (tertiary/aromatic N) is 2. The Bertz CT molecular complexity index is 1680. The summed E-state index contributed by atoms with van der Waals surface area (Å²) in [6.07, 6.45) is 0.806. The maximum Gasteiger partial charge on any atom is 0.264 e. The molecule has 0 saturated carbocycles. The van der Waals surface area contributed by atoms with Crippen molar-refractivity contribution in [3.8, 4) is 0 Å². The molecule has 4 aromatic carbocycles. The number of hydrogen-bond donors (Lipinski definition) is 1. The standard InChI is InChI=1S/C34H35ClFN3O4S/c1-3-20-37-34(41)32(21-26-10-5-4-6-11-26)38(23-27-12-7-8-15-31(27)36)33(40)24-39(29-14-9-13-28(35)22-29)44(42,43)30-18-16-25(2)17-19-30/h4-19,22,32H,3,20-21,23-24H2,1-2H3,(H,37,41)/t32-/m1/s1. The summed E-state index contributed by atoms with van der Waals surface area (Å²) in [5.74, 6) is -1.65. The zero-order valence-corrected chi connectivity index (χ0v) is 26.2. The summed E-state index contributed by atoms with van der Waals surface area (Å²) in [5, 5.41) is 3.15. The van der Waals surface area contributed by atoms with Crippen molar-refractivity contribution in [2.45, 2.75) is 44.2 Å². The molecule has 10 heteroatoms. The van der Waals surface area contributed by atoms with E-state index in [9.17, 15) is 22.4 Å². The topological polar surface area (TPSA) is 86.8 Å². The van der Waals surface area contributed by atoms with E-state index in [1.807, 2.05) is 44.2 Å². The Morgan fingerprint density at radius 3 is 2.25 bits per heavy atom. The summed E-state index contributed by atoms with van der Waals surface area (Å²) >= 11 is 6.25. The molecule has 0 aliphatic heterocycles. The van der Waals surface area contributed by atoms with E-state index in [0.29, 0.717) is 13.0 Å². The number of halogens is 2. The van der Waals surface area contributed by atoms with Crippen LogP contribution in [0.4, 0.5) is 10.1 Å². The summed E-state index contributed by atoms with van der Waals surface area (Å²) in [6, 6.07) is 26.6. The first-order valence-corrected chi connectivity index (χ1v) is 16.1. The molecule has 0 bridgehead atoms. The fourth-order valence-corrected chi connectivity index (χ4v) is 6.32. The number of carbonyl (C=O) groups is 2. The van der Waals surface area contributed by atoms with Gasteiger partial charge in [0.25, 0.3) is 10.0 Å². The number of amides is 2. The van der Waals surface area contributed by atoms with Gasteiger partial charge in [0.1, 0.15) is 18.4 Å². The van der Waals surface area contributed by atoms with Crippen molar-refractivity contribution in [2.24, 2.45) is 0 Å². The van der Waals surface area contributed by atoms with Gasteiger partial charge >= 0.3 is 0 Å². The van der Waals surface area contributed by atoms with Gasteiger partial charge in [-0.1, -0.05) is 90.8 Å². The highest BCUT2D eigenvalue weighted by Gasteiger charge is 2.35. The van der Waals surface area contributed by atoms with Gasteiger partial charge in [0, 0.05) is 30.1 Å². The lowest BCUT2D eigenvalue weighted by molar-refractivity contribution is -0.140. The van der Waals surface area contributed by atoms with Crippen molar-refractivity contribution < 1.29 is 22.4 Å². The summed E-state index contributed by atoms with van der Waals surface area (Å²) < 4.78 is 44.0. The average molecular weight is 636 g/mol. The molecule has 1 atom stereocenters. The molecule has 0 saturated heterocycles. The second-order valence-electron chi connectivity index (χ2n) is 10.4. The second kappa shape index (κ2) is 15.0. The fraction of sp³-hybridized carbons (Fsp3) is 0.235. The molecule has 4 aromatic rings. The quantitative estimate of drug-likeness (QED) is 0.191. The normalized spacial score (nSPS) is 11.9. The molecule has 2 amide bonds.